The molecule has 72 valence electrons. The van der Waals surface area contributed by atoms with Crippen LogP contribution in [0.4, 0.5) is 4.39 Å². The normalized spacial score (nSPS) is 10.4. The summed E-state index contributed by atoms with van der Waals surface area (Å²) in [6, 6.07) is 4.65. The molecule has 0 aliphatic carbocycles. The predicted molar refractivity (Wildman–Crippen MR) is 52.8 cm³/mol. The Morgan fingerprint density at radius 2 is 2.29 bits per heavy atom. The van der Waals surface area contributed by atoms with Gasteiger partial charge in [-0.15, -0.1) is 0 Å². The highest BCUT2D eigenvalue weighted by Crippen LogP contribution is 2.20. The second-order valence-corrected chi connectivity index (χ2v) is 3.32. The fourth-order valence-electron chi connectivity index (χ4n) is 1.26. The van der Waals surface area contributed by atoms with Gasteiger partial charge in [0.25, 0.3) is 0 Å². The van der Waals surface area contributed by atoms with Crippen molar-refractivity contribution >= 4 is 11.6 Å². The molecule has 1 heterocycles. The summed E-state index contributed by atoms with van der Waals surface area (Å²) in [7, 11) is 0. The minimum atomic E-state index is -0.297. The number of nitrogens with zero attached hydrogens (tertiary/aromatic N) is 1. The monoisotopic (exact) mass is 210 g/mol. The van der Waals surface area contributed by atoms with E-state index in [1.54, 1.807) is 24.5 Å². The quantitative estimate of drug-likeness (QED) is 0.811. The number of aromatic nitrogens is 2. The SMILES string of the molecule is Fc1cccc(Cl)c1Cc1ncc[nH]1. The van der Waals surface area contributed by atoms with Crippen molar-refractivity contribution in [1.29, 1.82) is 0 Å². The summed E-state index contributed by atoms with van der Waals surface area (Å²) in [5.41, 5.74) is 0.476. The Balaban J connectivity index is 2.33. The Bertz CT molecular complexity index is 405. The molecule has 0 atom stereocenters. The molecule has 0 aliphatic rings. The lowest BCUT2D eigenvalue weighted by atomic mass is 10.1. The van der Waals surface area contributed by atoms with Crippen LogP contribution in [0.15, 0.2) is 30.6 Å². The summed E-state index contributed by atoms with van der Waals surface area (Å²) in [5, 5.41) is 0.432. The van der Waals surface area contributed by atoms with Crippen LogP contribution in [-0.2, 0) is 6.42 Å². The highest BCUT2D eigenvalue weighted by molar-refractivity contribution is 6.31. The first-order chi connectivity index (χ1) is 6.77. The Morgan fingerprint density at radius 1 is 1.43 bits per heavy atom. The zero-order chi connectivity index (χ0) is 9.97. The molecular formula is C10H8ClFN2. The number of aromatic amines is 1. The number of rotatable bonds is 2. The molecule has 1 aromatic carbocycles. The van der Waals surface area contributed by atoms with Gasteiger partial charge < -0.3 is 4.98 Å². The van der Waals surface area contributed by atoms with Crippen LogP contribution in [-0.4, -0.2) is 9.97 Å². The second-order valence-electron chi connectivity index (χ2n) is 2.91. The van der Waals surface area contributed by atoms with E-state index in [0.717, 1.165) is 0 Å². The molecule has 1 aromatic heterocycles. The van der Waals surface area contributed by atoms with E-state index in [1.165, 1.54) is 6.07 Å². The van der Waals surface area contributed by atoms with Gasteiger partial charge >= 0.3 is 0 Å². The Morgan fingerprint density at radius 3 is 2.93 bits per heavy atom. The number of benzene rings is 1. The lowest BCUT2D eigenvalue weighted by molar-refractivity contribution is 0.612. The summed E-state index contributed by atoms with van der Waals surface area (Å²) in [4.78, 5) is 6.92. The third-order valence-corrected chi connectivity index (χ3v) is 2.31. The van der Waals surface area contributed by atoms with Gasteiger partial charge in [-0.25, -0.2) is 9.37 Å². The molecule has 2 nitrogen and oxygen atoms in total. The van der Waals surface area contributed by atoms with Crippen LogP contribution in [0.25, 0.3) is 0 Å². The maximum Gasteiger partial charge on any atom is 0.128 e. The molecule has 0 bridgehead atoms. The fraction of sp³-hybridized carbons (Fsp3) is 0.100. The molecule has 2 rings (SSSR count). The van der Waals surface area contributed by atoms with Crippen LogP contribution in [0.3, 0.4) is 0 Å². The van der Waals surface area contributed by atoms with Crippen LogP contribution < -0.4 is 0 Å². The van der Waals surface area contributed by atoms with Crippen molar-refractivity contribution in [2.45, 2.75) is 6.42 Å². The van der Waals surface area contributed by atoms with Gasteiger partial charge in [0.05, 0.1) is 0 Å². The first kappa shape index (κ1) is 9.21. The van der Waals surface area contributed by atoms with Crippen LogP contribution in [0, 0.1) is 5.82 Å². The highest BCUT2D eigenvalue weighted by Gasteiger charge is 2.08. The van der Waals surface area contributed by atoms with Gasteiger partial charge in [0.15, 0.2) is 0 Å². The average molecular weight is 211 g/mol. The molecule has 0 amide bonds. The van der Waals surface area contributed by atoms with E-state index in [9.17, 15) is 4.39 Å². The van der Waals surface area contributed by atoms with Gasteiger partial charge in [-0.1, -0.05) is 17.7 Å². The van der Waals surface area contributed by atoms with Crippen molar-refractivity contribution in [3.63, 3.8) is 0 Å². The van der Waals surface area contributed by atoms with Crippen molar-refractivity contribution in [2.24, 2.45) is 0 Å². The Labute approximate surface area is 85.8 Å². The number of hydrogen-bond acceptors (Lipinski definition) is 1. The summed E-state index contributed by atoms with van der Waals surface area (Å²) in [6.45, 7) is 0. The smallest absolute Gasteiger partial charge is 0.128 e. The van der Waals surface area contributed by atoms with Crippen LogP contribution in [0.1, 0.15) is 11.4 Å². The molecule has 0 aliphatic heterocycles. The first-order valence-corrected chi connectivity index (χ1v) is 4.56. The van der Waals surface area contributed by atoms with Crippen LogP contribution in [0.5, 0.6) is 0 Å². The van der Waals surface area contributed by atoms with E-state index < -0.39 is 0 Å². The molecule has 14 heavy (non-hydrogen) atoms. The Hall–Kier alpha value is -1.35. The number of imidazole rings is 1. The zero-order valence-electron chi connectivity index (χ0n) is 7.30. The van der Waals surface area contributed by atoms with Crippen LogP contribution >= 0.6 is 11.6 Å². The van der Waals surface area contributed by atoms with Gasteiger partial charge in [0.1, 0.15) is 11.6 Å². The minimum Gasteiger partial charge on any atom is -0.348 e. The van der Waals surface area contributed by atoms with E-state index in [0.29, 0.717) is 22.8 Å². The number of H-pyrrole nitrogens is 1. The molecular weight excluding hydrogens is 203 g/mol. The van der Waals surface area contributed by atoms with E-state index in [2.05, 4.69) is 9.97 Å². The van der Waals surface area contributed by atoms with E-state index >= 15 is 0 Å². The lowest BCUT2D eigenvalue weighted by Gasteiger charge is -2.02. The highest BCUT2D eigenvalue weighted by atomic mass is 35.5. The third kappa shape index (κ3) is 1.77. The van der Waals surface area contributed by atoms with E-state index in [1.807, 2.05) is 0 Å². The molecule has 0 spiro atoms. The predicted octanol–water partition coefficient (Wildman–Crippen LogP) is 2.79. The molecule has 2 aromatic rings. The molecule has 0 radical (unpaired) electrons. The molecule has 0 saturated carbocycles. The van der Waals surface area contributed by atoms with Crippen molar-refractivity contribution < 1.29 is 4.39 Å². The van der Waals surface area contributed by atoms with Gasteiger partial charge in [0.2, 0.25) is 0 Å². The van der Waals surface area contributed by atoms with Gasteiger partial charge in [-0.3, -0.25) is 0 Å². The maximum absolute atomic E-state index is 13.3. The van der Waals surface area contributed by atoms with Gasteiger partial charge in [-0.2, -0.15) is 0 Å². The third-order valence-electron chi connectivity index (χ3n) is 1.96. The van der Waals surface area contributed by atoms with Gasteiger partial charge in [0, 0.05) is 29.4 Å². The number of halogens is 2. The number of hydrogen-bond donors (Lipinski definition) is 1. The van der Waals surface area contributed by atoms with Crippen molar-refractivity contribution in [2.75, 3.05) is 0 Å². The molecule has 0 saturated heterocycles. The molecule has 1 N–H and O–H groups in total. The van der Waals surface area contributed by atoms with Gasteiger partial charge in [-0.05, 0) is 12.1 Å². The lowest BCUT2D eigenvalue weighted by Crippen LogP contribution is -1.95. The van der Waals surface area contributed by atoms with Crippen molar-refractivity contribution in [1.82, 2.24) is 9.97 Å². The summed E-state index contributed by atoms with van der Waals surface area (Å²) >= 11 is 5.86. The zero-order valence-corrected chi connectivity index (χ0v) is 8.05. The minimum absolute atomic E-state index is 0.297. The van der Waals surface area contributed by atoms with Crippen molar-refractivity contribution in [3.05, 3.63) is 52.8 Å². The molecule has 0 fully saturated rings. The van der Waals surface area contributed by atoms with E-state index in [-0.39, 0.29) is 5.82 Å². The second kappa shape index (κ2) is 3.80. The summed E-state index contributed by atoms with van der Waals surface area (Å²) in [5.74, 6) is 0.408. The summed E-state index contributed by atoms with van der Waals surface area (Å²) in [6.07, 6.45) is 3.71. The standard InChI is InChI=1S/C10H8ClFN2/c11-8-2-1-3-9(12)7(8)6-10-13-4-5-14-10/h1-5H,6H2,(H,13,14). The number of nitrogens with one attached hydrogen (secondary N) is 1. The van der Waals surface area contributed by atoms with Crippen LogP contribution in [0.2, 0.25) is 5.02 Å². The Kier molecular flexibility index (Phi) is 2.50. The topological polar surface area (TPSA) is 28.7 Å². The van der Waals surface area contributed by atoms with Crippen molar-refractivity contribution in [3.8, 4) is 0 Å². The van der Waals surface area contributed by atoms with E-state index in [4.69, 9.17) is 11.6 Å². The fourth-order valence-corrected chi connectivity index (χ4v) is 1.49. The molecule has 0 unspecified atom stereocenters. The average Bonchev–Trinajstić information content (AvgIpc) is 2.64. The summed E-state index contributed by atoms with van der Waals surface area (Å²) < 4.78 is 13.3. The molecule has 4 heteroatoms. The maximum atomic E-state index is 13.3. The first-order valence-electron chi connectivity index (χ1n) is 4.18. The largest absolute Gasteiger partial charge is 0.348 e.